The maximum Gasteiger partial charge on any atom is 0.323 e. The van der Waals surface area contributed by atoms with Crippen molar-refractivity contribution < 1.29 is 9.84 Å². The Hall–Kier alpha value is -2.53. The van der Waals surface area contributed by atoms with Crippen molar-refractivity contribution in [1.29, 1.82) is 0 Å². The second-order valence-corrected chi connectivity index (χ2v) is 4.95. The molecule has 0 saturated heterocycles. The number of benzene rings is 2. The number of fused-ring (bicyclic) bond motifs is 1. The van der Waals surface area contributed by atoms with Crippen LogP contribution in [0.5, 0.6) is 5.75 Å². The van der Waals surface area contributed by atoms with Gasteiger partial charge < -0.3 is 19.8 Å². The molecule has 0 amide bonds. The molecule has 0 saturated carbocycles. The number of H-pyrrole nitrogens is 2. The Kier molecular flexibility index (Phi) is 3.50. The fourth-order valence-electron chi connectivity index (χ4n) is 2.36. The number of ether oxygens (including phenoxy) is 1. The van der Waals surface area contributed by atoms with Gasteiger partial charge in [-0.2, -0.15) is 0 Å². The van der Waals surface area contributed by atoms with E-state index in [0.29, 0.717) is 11.9 Å². The number of nitrogens with one attached hydrogen (secondary N) is 2. The SMILES string of the molecule is COc1ccc(CC(O)c2ccc3[nH]c(=O)[nH]c3c2)cc1. The number of methoxy groups -OCH3 is 1. The van der Waals surface area contributed by atoms with Gasteiger partial charge in [0.1, 0.15) is 5.75 Å². The Morgan fingerprint density at radius 1 is 1.10 bits per heavy atom. The van der Waals surface area contributed by atoms with Gasteiger partial charge in [0.15, 0.2) is 0 Å². The summed E-state index contributed by atoms with van der Waals surface area (Å²) in [5, 5.41) is 10.3. The Bertz CT molecular complexity index is 802. The molecule has 3 aromatic rings. The number of imidazole rings is 1. The highest BCUT2D eigenvalue weighted by molar-refractivity contribution is 5.75. The molecule has 0 fully saturated rings. The summed E-state index contributed by atoms with van der Waals surface area (Å²) in [7, 11) is 1.62. The third-order valence-electron chi connectivity index (χ3n) is 3.51. The molecule has 108 valence electrons. The number of aliphatic hydroxyl groups excluding tert-OH is 1. The number of hydrogen-bond donors (Lipinski definition) is 3. The molecule has 1 aromatic heterocycles. The van der Waals surface area contributed by atoms with Crippen LogP contribution < -0.4 is 10.4 Å². The van der Waals surface area contributed by atoms with Crippen molar-refractivity contribution >= 4 is 11.0 Å². The smallest absolute Gasteiger partial charge is 0.323 e. The van der Waals surface area contributed by atoms with E-state index in [1.54, 1.807) is 19.2 Å². The standard InChI is InChI=1S/C16H16N2O3/c1-21-12-5-2-10(3-6-12)8-15(19)11-4-7-13-14(9-11)18-16(20)17-13/h2-7,9,15,19H,8H2,1H3,(H2,17,18,20). The molecule has 0 spiro atoms. The van der Waals surface area contributed by atoms with Crippen LogP contribution in [0.25, 0.3) is 11.0 Å². The van der Waals surface area contributed by atoms with E-state index in [0.717, 1.165) is 22.4 Å². The summed E-state index contributed by atoms with van der Waals surface area (Å²) in [6.07, 6.45) is -0.120. The largest absolute Gasteiger partial charge is 0.497 e. The molecule has 1 heterocycles. The average Bonchev–Trinajstić information content (AvgIpc) is 2.87. The second-order valence-electron chi connectivity index (χ2n) is 4.95. The van der Waals surface area contributed by atoms with Crippen molar-refractivity contribution in [3.05, 3.63) is 64.1 Å². The van der Waals surface area contributed by atoms with Gasteiger partial charge in [0.05, 0.1) is 24.2 Å². The Morgan fingerprint density at radius 2 is 1.81 bits per heavy atom. The first-order chi connectivity index (χ1) is 10.2. The molecule has 1 atom stereocenters. The van der Waals surface area contributed by atoms with Crippen LogP contribution in [-0.4, -0.2) is 22.2 Å². The van der Waals surface area contributed by atoms with Crippen LogP contribution in [0.1, 0.15) is 17.2 Å². The highest BCUT2D eigenvalue weighted by Crippen LogP contribution is 2.22. The van der Waals surface area contributed by atoms with E-state index in [9.17, 15) is 9.90 Å². The van der Waals surface area contributed by atoms with E-state index in [1.807, 2.05) is 30.3 Å². The van der Waals surface area contributed by atoms with Crippen molar-refractivity contribution in [2.75, 3.05) is 7.11 Å². The quantitative estimate of drug-likeness (QED) is 0.687. The van der Waals surface area contributed by atoms with Crippen LogP contribution in [0.4, 0.5) is 0 Å². The average molecular weight is 284 g/mol. The van der Waals surface area contributed by atoms with E-state index in [1.165, 1.54) is 0 Å². The molecule has 21 heavy (non-hydrogen) atoms. The van der Waals surface area contributed by atoms with Gasteiger partial charge >= 0.3 is 5.69 Å². The van der Waals surface area contributed by atoms with Crippen LogP contribution >= 0.6 is 0 Å². The zero-order valence-electron chi connectivity index (χ0n) is 11.6. The third-order valence-corrected chi connectivity index (χ3v) is 3.51. The number of aromatic amines is 2. The van der Waals surface area contributed by atoms with Gasteiger partial charge in [-0.3, -0.25) is 0 Å². The van der Waals surface area contributed by atoms with Gasteiger partial charge in [-0.1, -0.05) is 18.2 Å². The van der Waals surface area contributed by atoms with Gasteiger partial charge in [0, 0.05) is 6.42 Å². The van der Waals surface area contributed by atoms with E-state index in [4.69, 9.17) is 4.74 Å². The minimum atomic E-state index is -0.624. The molecule has 5 heteroatoms. The normalized spacial score (nSPS) is 12.5. The molecule has 0 radical (unpaired) electrons. The van der Waals surface area contributed by atoms with Gasteiger partial charge in [0.2, 0.25) is 0 Å². The van der Waals surface area contributed by atoms with Gasteiger partial charge in [-0.15, -0.1) is 0 Å². The van der Waals surface area contributed by atoms with Gasteiger partial charge in [0.25, 0.3) is 0 Å². The number of hydrogen-bond acceptors (Lipinski definition) is 3. The summed E-state index contributed by atoms with van der Waals surface area (Å²) in [6.45, 7) is 0. The molecule has 1 unspecified atom stereocenters. The molecular formula is C16H16N2O3. The Labute approximate surface area is 121 Å². The van der Waals surface area contributed by atoms with Crippen molar-refractivity contribution in [3.8, 4) is 5.75 Å². The summed E-state index contributed by atoms with van der Waals surface area (Å²) < 4.78 is 5.11. The molecule has 0 bridgehead atoms. The second kappa shape index (κ2) is 5.46. The topological polar surface area (TPSA) is 78.1 Å². The summed E-state index contributed by atoms with van der Waals surface area (Å²) in [5.41, 5.74) is 2.98. The van der Waals surface area contributed by atoms with E-state index < -0.39 is 6.10 Å². The van der Waals surface area contributed by atoms with Crippen molar-refractivity contribution in [2.45, 2.75) is 12.5 Å². The van der Waals surface area contributed by atoms with Crippen LogP contribution in [-0.2, 0) is 6.42 Å². The lowest BCUT2D eigenvalue weighted by Crippen LogP contribution is -2.02. The van der Waals surface area contributed by atoms with Crippen LogP contribution in [0.3, 0.4) is 0 Å². The Morgan fingerprint density at radius 3 is 2.52 bits per heavy atom. The summed E-state index contributed by atoms with van der Waals surface area (Å²) in [6, 6.07) is 13.0. The fraction of sp³-hybridized carbons (Fsp3) is 0.188. The van der Waals surface area contributed by atoms with Crippen molar-refractivity contribution in [1.82, 2.24) is 9.97 Å². The molecule has 3 N–H and O–H groups in total. The first kappa shape index (κ1) is 13.5. The first-order valence-electron chi connectivity index (χ1n) is 6.68. The molecule has 5 nitrogen and oxygen atoms in total. The van der Waals surface area contributed by atoms with E-state index >= 15 is 0 Å². The zero-order chi connectivity index (χ0) is 14.8. The number of rotatable bonds is 4. The number of aliphatic hydroxyl groups is 1. The highest BCUT2D eigenvalue weighted by Gasteiger charge is 2.10. The highest BCUT2D eigenvalue weighted by atomic mass is 16.5. The van der Waals surface area contributed by atoms with Gasteiger partial charge in [-0.25, -0.2) is 4.79 Å². The molecule has 2 aromatic carbocycles. The summed E-state index contributed by atoms with van der Waals surface area (Å²) in [4.78, 5) is 16.6. The summed E-state index contributed by atoms with van der Waals surface area (Å²) >= 11 is 0. The molecule has 0 aliphatic rings. The maximum absolute atomic E-state index is 11.2. The number of aromatic nitrogens is 2. The fourth-order valence-corrected chi connectivity index (χ4v) is 2.36. The predicted octanol–water partition coefficient (Wildman–Crippen LogP) is 2.14. The monoisotopic (exact) mass is 284 g/mol. The first-order valence-corrected chi connectivity index (χ1v) is 6.68. The third kappa shape index (κ3) is 2.83. The van der Waals surface area contributed by atoms with Crippen molar-refractivity contribution in [2.24, 2.45) is 0 Å². The lowest BCUT2D eigenvalue weighted by atomic mass is 10.0. The molecule has 0 aliphatic heterocycles. The van der Waals surface area contributed by atoms with Gasteiger partial charge in [-0.05, 0) is 35.4 Å². The van der Waals surface area contributed by atoms with Crippen LogP contribution in [0, 0.1) is 0 Å². The molecule has 3 rings (SSSR count). The van der Waals surface area contributed by atoms with E-state index in [2.05, 4.69) is 9.97 Å². The maximum atomic E-state index is 11.2. The Balaban J connectivity index is 1.81. The molecular weight excluding hydrogens is 268 g/mol. The molecule has 0 aliphatic carbocycles. The van der Waals surface area contributed by atoms with Crippen LogP contribution in [0.15, 0.2) is 47.3 Å². The minimum Gasteiger partial charge on any atom is -0.497 e. The van der Waals surface area contributed by atoms with E-state index in [-0.39, 0.29) is 5.69 Å². The lowest BCUT2D eigenvalue weighted by Gasteiger charge is -2.11. The summed E-state index contributed by atoms with van der Waals surface area (Å²) in [5.74, 6) is 0.791. The lowest BCUT2D eigenvalue weighted by molar-refractivity contribution is 0.178. The predicted molar refractivity (Wildman–Crippen MR) is 80.6 cm³/mol. The minimum absolute atomic E-state index is 0.244. The van der Waals surface area contributed by atoms with Crippen LogP contribution in [0.2, 0.25) is 0 Å². The van der Waals surface area contributed by atoms with Crippen molar-refractivity contribution in [3.63, 3.8) is 0 Å². The zero-order valence-corrected chi connectivity index (χ0v) is 11.6.